The molecule has 5 rings (SSSR count). The molecule has 4 heterocycles. The lowest BCUT2D eigenvalue weighted by molar-refractivity contribution is -0.0261. The van der Waals surface area contributed by atoms with Gasteiger partial charge in [0.2, 0.25) is 11.8 Å². The second-order valence-electron chi connectivity index (χ2n) is 9.46. The van der Waals surface area contributed by atoms with E-state index in [2.05, 4.69) is 15.0 Å². The molecule has 170 valence electrons. The molecule has 3 fully saturated rings. The van der Waals surface area contributed by atoms with Gasteiger partial charge in [0.25, 0.3) is 0 Å². The number of hydrogen-bond acceptors (Lipinski definition) is 7. The summed E-state index contributed by atoms with van der Waals surface area (Å²) >= 11 is 0. The van der Waals surface area contributed by atoms with Crippen LogP contribution in [0.4, 0.5) is 4.79 Å². The minimum absolute atomic E-state index is 0.0126. The molecule has 2 saturated heterocycles. The van der Waals surface area contributed by atoms with E-state index in [4.69, 9.17) is 14.2 Å². The number of carbonyl (C=O) groups is 1. The Hall–Kier alpha value is -2.90. The third kappa shape index (κ3) is 3.55. The highest BCUT2D eigenvalue weighted by Crippen LogP contribution is 2.62. The van der Waals surface area contributed by atoms with Crippen LogP contribution < -0.4 is 9.47 Å². The summed E-state index contributed by atoms with van der Waals surface area (Å²) in [5.74, 6) is 1.68. The molecule has 1 spiro atoms. The molecular weight excluding hydrogens is 408 g/mol. The number of piperidine rings is 1. The van der Waals surface area contributed by atoms with E-state index in [1.54, 1.807) is 6.20 Å². The Labute approximate surface area is 188 Å². The predicted molar refractivity (Wildman–Crippen MR) is 117 cm³/mol. The summed E-state index contributed by atoms with van der Waals surface area (Å²) in [5, 5.41) is 0. The Morgan fingerprint density at radius 2 is 1.94 bits per heavy atom. The summed E-state index contributed by atoms with van der Waals surface area (Å²) in [6.07, 6.45) is 7.85. The molecule has 3 atom stereocenters. The van der Waals surface area contributed by atoms with Gasteiger partial charge in [-0.1, -0.05) is 0 Å². The normalized spacial score (nSPS) is 25.2. The van der Waals surface area contributed by atoms with Crippen LogP contribution in [-0.4, -0.2) is 50.2 Å². The van der Waals surface area contributed by atoms with E-state index < -0.39 is 0 Å². The maximum Gasteiger partial charge on any atom is 0.410 e. The quantitative estimate of drug-likeness (QED) is 0.675. The van der Waals surface area contributed by atoms with Gasteiger partial charge in [0.15, 0.2) is 5.75 Å². The Morgan fingerprint density at radius 1 is 1.16 bits per heavy atom. The number of rotatable bonds is 5. The average molecular weight is 439 g/mol. The van der Waals surface area contributed by atoms with Crippen LogP contribution in [0.3, 0.4) is 0 Å². The lowest BCUT2D eigenvalue weighted by Crippen LogP contribution is -2.56. The third-order valence-electron chi connectivity index (χ3n) is 7.08. The molecule has 2 bridgehead atoms. The maximum atomic E-state index is 12.8. The number of pyridine rings is 1. The fraction of sp³-hybridized carbons (Fsp3) is 0.583. The predicted octanol–water partition coefficient (Wildman–Crippen LogP) is 4.59. The standard InChI is InChI=1S/C24H30N4O4/c1-14(2)30-23(29)28-17-7-8-19(28)24(9-10-24)20(12-17)32-22-15(3)21(26-13-27-22)31-18-6-5-11-25-16(18)4/h5-6,11,13-14,17,19-20H,7-10,12H2,1-4H3. The van der Waals surface area contributed by atoms with Crippen molar-refractivity contribution in [1.29, 1.82) is 0 Å². The van der Waals surface area contributed by atoms with Crippen molar-refractivity contribution >= 4 is 6.09 Å². The minimum atomic E-state index is -0.182. The van der Waals surface area contributed by atoms with E-state index in [0.717, 1.165) is 43.4 Å². The first-order valence-electron chi connectivity index (χ1n) is 11.5. The summed E-state index contributed by atoms with van der Waals surface area (Å²) < 4.78 is 18.1. The number of ether oxygens (including phenoxy) is 3. The molecule has 2 aromatic heterocycles. The van der Waals surface area contributed by atoms with Crippen LogP contribution in [0.25, 0.3) is 0 Å². The molecule has 8 nitrogen and oxygen atoms in total. The van der Waals surface area contributed by atoms with Crippen molar-refractivity contribution in [2.75, 3.05) is 0 Å². The number of aryl methyl sites for hydroxylation is 1. The number of carbonyl (C=O) groups excluding carboxylic acids is 1. The lowest BCUT2D eigenvalue weighted by atomic mass is 9.84. The van der Waals surface area contributed by atoms with Gasteiger partial charge in [-0.05, 0) is 65.5 Å². The minimum Gasteiger partial charge on any atom is -0.473 e. The average Bonchev–Trinajstić information content (AvgIpc) is 3.46. The van der Waals surface area contributed by atoms with Crippen molar-refractivity contribution in [3.63, 3.8) is 0 Å². The first kappa shape index (κ1) is 21.0. The molecule has 2 aromatic rings. The summed E-state index contributed by atoms with van der Waals surface area (Å²) in [6.45, 7) is 7.61. The molecule has 1 aliphatic carbocycles. The lowest BCUT2D eigenvalue weighted by Gasteiger charge is -2.44. The number of amides is 1. The van der Waals surface area contributed by atoms with E-state index in [9.17, 15) is 4.79 Å². The van der Waals surface area contributed by atoms with Crippen LogP contribution in [0, 0.1) is 19.3 Å². The molecule has 8 heteroatoms. The monoisotopic (exact) mass is 438 g/mol. The van der Waals surface area contributed by atoms with Crippen molar-refractivity contribution in [2.45, 2.75) is 84.1 Å². The van der Waals surface area contributed by atoms with Crippen LogP contribution in [0.5, 0.6) is 17.5 Å². The Bertz CT molecular complexity index is 1020. The van der Waals surface area contributed by atoms with Gasteiger partial charge in [0, 0.05) is 30.1 Å². The van der Waals surface area contributed by atoms with E-state index in [1.165, 1.54) is 6.33 Å². The molecule has 3 aliphatic rings. The fourth-order valence-corrected chi connectivity index (χ4v) is 5.34. The SMILES string of the molecule is Cc1ncccc1Oc1ncnc(OC2CC3CCC(N3C(=O)OC(C)C)C23CC3)c1C. The van der Waals surface area contributed by atoms with Gasteiger partial charge in [-0.2, -0.15) is 0 Å². The van der Waals surface area contributed by atoms with Gasteiger partial charge in [-0.15, -0.1) is 0 Å². The summed E-state index contributed by atoms with van der Waals surface area (Å²) in [4.78, 5) is 27.8. The highest BCUT2D eigenvalue weighted by molar-refractivity contribution is 5.70. The van der Waals surface area contributed by atoms with Crippen LogP contribution in [0.15, 0.2) is 24.7 Å². The Morgan fingerprint density at radius 3 is 2.66 bits per heavy atom. The number of hydrogen-bond donors (Lipinski definition) is 0. The van der Waals surface area contributed by atoms with Gasteiger partial charge in [-0.3, -0.25) is 4.98 Å². The number of nitrogens with zero attached hydrogens (tertiary/aromatic N) is 4. The zero-order valence-corrected chi connectivity index (χ0v) is 19.1. The van der Waals surface area contributed by atoms with Gasteiger partial charge < -0.3 is 19.1 Å². The van der Waals surface area contributed by atoms with Gasteiger partial charge in [-0.25, -0.2) is 14.8 Å². The second kappa shape index (κ2) is 7.90. The molecule has 0 N–H and O–H groups in total. The van der Waals surface area contributed by atoms with Gasteiger partial charge in [0.05, 0.1) is 17.4 Å². The topological polar surface area (TPSA) is 86.7 Å². The third-order valence-corrected chi connectivity index (χ3v) is 7.08. The van der Waals surface area contributed by atoms with E-state index >= 15 is 0 Å². The van der Waals surface area contributed by atoms with Crippen LogP contribution >= 0.6 is 0 Å². The molecule has 1 amide bonds. The second-order valence-corrected chi connectivity index (χ2v) is 9.46. The zero-order chi connectivity index (χ0) is 22.5. The summed E-state index contributed by atoms with van der Waals surface area (Å²) in [6, 6.07) is 4.03. The van der Waals surface area contributed by atoms with Crippen molar-refractivity contribution in [3.05, 3.63) is 35.9 Å². The van der Waals surface area contributed by atoms with Crippen LogP contribution in [0.2, 0.25) is 0 Å². The molecule has 2 aliphatic heterocycles. The summed E-state index contributed by atoms with van der Waals surface area (Å²) in [5.41, 5.74) is 1.55. The molecule has 32 heavy (non-hydrogen) atoms. The highest BCUT2D eigenvalue weighted by Gasteiger charge is 2.65. The van der Waals surface area contributed by atoms with E-state index in [-0.39, 0.29) is 35.8 Å². The molecule has 0 aromatic carbocycles. The highest BCUT2D eigenvalue weighted by atomic mass is 16.6. The number of fused-ring (bicyclic) bond motifs is 3. The fourth-order valence-electron chi connectivity index (χ4n) is 5.34. The van der Waals surface area contributed by atoms with E-state index in [1.807, 2.05) is 44.7 Å². The smallest absolute Gasteiger partial charge is 0.410 e. The molecule has 0 radical (unpaired) electrons. The van der Waals surface area contributed by atoms with Crippen molar-refractivity contribution < 1.29 is 19.0 Å². The zero-order valence-electron chi connectivity index (χ0n) is 19.1. The molecular formula is C24H30N4O4. The Balaban J connectivity index is 1.36. The maximum absolute atomic E-state index is 12.8. The van der Waals surface area contributed by atoms with Crippen molar-refractivity contribution in [1.82, 2.24) is 19.9 Å². The molecule has 3 unspecified atom stereocenters. The largest absolute Gasteiger partial charge is 0.473 e. The molecule has 1 saturated carbocycles. The van der Waals surface area contributed by atoms with Crippen molar-refractivity contribution in [2.24, 2.45) is 5.41 Å². The van der Waals surface area contributed by atoms with Crippen molar-refractivity contribution in [3.8, 4) is 17.5 Å². The number of aromatic nitrogens is 3. The Kier molecular flexibility index (Phi) is 5.18. The van der Waals surface area contributed by atoms with Crippen LogP contribution in [0.1, 0.15) is 57.2 Å². The van der Waals surface area contributed by atoms with E-state index in [0.29, 0.717) is 17.5 Å². The first-order chi connectivity index (χ1) is 15.4. The first-order valence-corrected chi connectivity index (χ1v) is 11.5. The van der Waals surface area contributed by atoms with Gasteiger partial charge >= 0.3 is 6.09 Å². The van der Waals surface area contributed by atoms with Crippen LogP contribution in [-0.2, 0) is 4.74 Å². The van der Waals surface area contributed by atoms with Gasteiger partial charge in [0.1, 0.15) is 12.4 Å². The summed E-state index contributed by atoms with van der Waals surface area (Å²) in [7, 11) is 0.